The van der Waals surface area contributed by atoms with E-state index in [0.29, 0.717) is 0 Å². The predicted octanol–water partition coefficient (Wildman–Crippen LogP) is 0.759. The lowest BCUT2D eigenvalue weighted by Crippen LogP contribution is -2.27. The lowest BCUT2D eigenvalue weighted by molar-refractivity contribution is 0.159. The first-order valence-electron chi connectivity index (χ1n) is 4.08. The van der Waals surface area contributed by atoms with E-state index in [1.54, 1.807) is 0 Å². The summed E-state index contributed by atoms with van der Waals surface area (Å²) < 4.78 is 0. The van der Waals surface area contributed by atoms with Crippen LogP contribution in [0.5, 0.6) is 0 Å². The van der Waals surface area contributed by atoms with Crippen molar-refractivity contribution in [1.82, 2.24) is 5.32 Å². The number of aliphatic hydroxyl groups excluding tert-OH is 1. The van der Waals surface area contributed by atoms with Gasteiger partial charge < -0.3 is 10.4 Å². The Balaban J connectivity index is 3.21. The average molecular weight is 155 g/mol. The number of rotatable bonds is 5. The zero-order valence-corrected chi connectivity index (χ0v) is 7.30. The highest BCUT2D eigenvalue weighted by atomic mass is 16.3. The summed E-state index contributed by atoms with van der Waals surface area (Å²) >= 11 is 0. The number of terminal acetylenes is 1. The third-order valence-electron chi connectivity index (χ3n) is 1.65. The highest BCUT2D eigenvalue weighted by molar-refractivity contribution is 4.95. The first kappa shape index (κ1) is 10.5. The Hall–Kier alpha value is -0.520. The summed E-state index contributed by atoms with van der Waals surface area (Å²) in [5.74, 6) is 2.56. The third-order valence-corrected chi connectivity index (χ3v) is 1.65. The van der Waals surface area contributed by atoms with E-state index in [0.717, 1.165) is 19.4 Å². The fourth-order valence-electron chi connectivity index (χ4n) is 0.730. The number of hydrogen-bond donors (Lipinski definition) is 2. The fraction of sp³-hybridized carbons (Fsp3) is 0.778. The molecule has 0 saturated carbocycles. The summed E-state index contributed by atoms with van der Waals surface area (Å²) in [5.41, 5.74) is 0. The van der Waals surface area contributed by atoms with Gasteiger partial charge in [-0.3, -0.25) is 0 Å². The van der Waals surface area contributed by atoms with Crippen LogP contribution in [0.15, 0.2) is 0 Å². The maximum Gasteiger partial charge on any atom is 0.0658 e. The Kier molecular flexibility index (Phi) is 5.91. The van der Waals surface area contributed by atoms with Crippen molar-refractivity contribution in [2.45, 2.75) is 38.8 Å². The van der Waals surface area contributed by atoms with Crippen LogP contribution in [0.3, 0.4) is 0 Å². The van der Waals surface area contributed by atoms with Crippen molar-refractivity contribution < 1.29 is 5.11 Å². The Morgan fingerprint density at radius 1 is 1.64 bits per heavy atom. The van der Waals surface area contributed by atoms with Gasteiger partial charge in [-0.05, 0) is 26.3 Å². The second-order valence-corrected chi connectivity index (χ2v) is 2.69. The van der Waals surface area contributed by atoms with Crippen molar-refractivity contribution >= 4 is 0 Å². The van der Waals surface area contributed by atoms with Gasteiger partial charge in [-0.2, -0.15) is 0 Å². The van der Waals surface area contributed by atoms with E-state index in [-0.39, 0.29) is 12.1 Å². The molecule has 2 atom stereocenters. The van der Waals surface area contributed by atoms with Gasteiger partial charge in [0.05, 0.1) is 12.1 Å². The first-order chi connectivity index (χ1) is 5.20. The van der Waals surface area contributed by atoms with Crippen LogP contribution < -0.4 is 5.32 Å². The van der Waals surface area contributed by atoms with Crippen molar-refractivity contribution in [2.24, 2.45) is 0 Å². The molecule has 0 aromatic heterocycles. The maximum atomic E-state index is 9.15. The average Bonchev–Trinajstić information content (AvgIpc) is 2.04. The molecule has 0 aliphatic carbocycles. The zero-order valence-electron chi connectivity index (χ0n) is 7.30. The first-order valence-corrected chi connectivity index (χ1v) is 4.08. The Labute approximate surface area is 69.0 Å². The lowest BCUT2D eigenvalue weighted by atomic mass is 10.2. The van der Waals surface area contributed by atoms with E-state index < -0.39 is 0 Å². The van der Waals surface area contributed by atoms with Crippen molar-refractivity contribution in [1.29, 1.82) is 0 Å². The van der Waals surface area contributed by atoms with Crippen LogP contribution in [0.2, 0.25) is 0 Å². The fourth-order valence-corrected chi connectivity index (χ4v) is 0.730. The molecular weight excluding hydrogens is 138 g/mol. The number of aliphatic hydroxyl groups is 1. The number of hydrogen-bond acceptors (Lipinski definition) is 2. The van der Waals surface area contributed by atoms with Gasteiger partial charge in [0.25, 0.3) is 0 Å². The molecule has 2 nitrogen and oxygen atoms in total. The highest BCUT2D eigenvalue weighted by Gasteiger charge is 2.00. The van der Waals surface area contributed by atoms with Gasteiger partial charge in [-0.15, -0.1) is 6.42 Å². The quantitative estimate of drug-likeness (QED) is 0.574. The summed E-state index contributed by atoms with van der Waals surface area (Å²) in [6.07, 6.45) is 6.55. The van der Waals surface area contributed by atoms with E-state index in [9.17, 15) is 0 Å². The molecule has 0 fully saturated rings. The van der Waals surface area contributed by atoms with Crippen LogP contribution in [-0.4, -0.2) is 23.8 Å². The van der Waals surface area contributed by atoms with Gasteiger partial charge in [0.15, 0.2) is 0 Å². The van der Waals surface area contributed by atoms with Crippen LogP contribution in [0.1, 0.15) is 26.7 Å². The van der Waals surface area contributed by atoms with Gasteiger partial charge in [0.2, 0.25) is 0 Å². The maximum absolute atomic E-state index is 9.15. The van der Waals surface area contributed by atoms with Crippen LogP contribution in [0.4, 0.5) is 0 Å². The molecule has 0 radical (unpaired) electrons. The summed E-state index contributed by atoms with van der Waals surface area (Å²) in [4.78, 5) is 0. The second-order valence-electron chi connectivity index (χ2n) is 2.69. The lowest BCUT2D eigenvalue weighted by Gasteiger charge is -2.09. The molecule has 0 rings (SSSR count). The minimum atomic E-state index is -0.188. The molecular formula is C9H17NO. The molecule has 2 N–H and O–H groups in total. The van der Waals surface area contributed by atoms with Crippen LogP contribution >= 0.6 is 0 Å². The molecule has 0 heterocycles. The monoisotopic (exact) mass is 155 g/mol. The molecule has 64 valence electrons. The normalized spacial score (nSPS) is 15.5. The van der Waals surface area contributed by atoms with Crippen molar-refractivity contribution in [3.63, 3.8) is 0 Å². The van der Waals surface area contributed by atoms with Gasteiger partial charge >= 0.3 is 0 Å². The SMILES string of the molecule is C#CC(C)NCCC(O)CC. The zero-order chi connectivity index (χ0) is 8.69. The van der Waals surface area contributed by atoms with Crippen molar-refractivity contribution in [2.75, 3.05) is 6.54 Å². The summed E-state index contributed by atoms with van der Waals surface area (Å²) in [7, 11) is 0. The predicted molar refractivity (Wildman–Crippen MR) is 47.2 cm³/mol. The van der Waals surface area contributed by atoms with Crippen molar-refractivity contribution in [3.8, 4) is 12.3 Å². The standard InChI is InChI=1S/C9H17NO/c1-4-8(3)10-7-6-9(11)5-2/h1,8-11H,5-7H2,2-3H3. The molecule has 0 spiro atoms. The van der Waals surface area contributed by atoms with Gasteiger partial charge in [-0.1, -0.05) is 12.8 Å². The van der Waals surface area contributed by atoms with Crippen LogP contribution in [-0.2, 0) is 0 Å². The topological polar surface area (TPSA) is 32.3 Å². The summed E-state index contributed by atoms with van der Waals surface area (Å²) in [6, 6.07) is 0.110. The molecule has 0 aliphatic heterocycles. The van der Waals surface area contributed by atoms with Crippen LogP contribution in [0.25, 0.3) is 0 Å². The smallest absolute Gasteiger partial charge is 0.0658 e. The summed E-state index contributed by atoms with van der Waals surface area (Å²) in [6.45, 7) is 4.69. The summed E-state index contributed by atoms with van der Waals surface area (Å²) in [5, 5.41) is 12.3. The van der Waals surface area contributed by atoms with Gasteiger partial charge in [0, 0.05) is 0 Å². The molecule has 11 heavy (non-hydrogen) atoms. The minimum Gasteiger partial charge on any atom is -0.393 e. The Morgan fingerprint density at radius 3 is 2.73 bits per heavy atom. The molecule has 2 unspecified atom stereocenters. The third kappa shape index (κ3) is 5.90. The van der Waals surface area contributed by atoms with E-state index in [1.807, 2.05) is 13.8 Å². The molecule has 0 bridgehead atoms. The largest absolute Gasteiger partial charge is 0.393 e. The van der Waals surface area contributed by atoms with E-state index in [2.05, 4.69) is 11.2 Å². The van der Waals surface area contributed by atoms with E-state index in [1.165, 1.54) is 0 Å². The van der Waals surface area contributed by atoms with Gasteiger partial charge in [-0.25, -0.2) is 0 Å². The second kappa shape index (κ2) is 6.21. The van der Waals surface area contributed by atoms with E-state index >= 15 is 0 Å². The molecule has 2 heteroatoms. The Morgan fingerprint density at radius 2 is 2.27 bits per heavy atom. The molecule has 0 aromatic rings. The molecule has 0 aromatic carbocycles. The van der Waals surface area contributed by atoms with Crippen LogP contribution in [0, 0.1) is 12.3 Å². The van der Waals surface area contributed by atoms with Crippen molar-refractivity contribution in [3.05, 3.63) is 0 Å². The van der Waals surface area contributed by atoms with E-state index in [4.69, 9.17) is 11.5 Å². The highest BCUT2D eigenvalue weighted by Crippen LogP contribution is 1.94. The number of nitrogens with one attached hydrogen (secondary N) is 1. The molecule has 0 aliphatic rings. The molecule has 0 saturated heterocycles. The Bertz CT molecular complexity index is 128. The molecule has 0 amide bonds. The minimum absolute atomic E-state index is 0.110. The van der Waals surface area contributed by atoms with Gasteiger partial charge in [0.1, 0.15) is 0 Å².